The highest BCUT2D eigenvalue weighted by Gasteiger charge is 2.44. The number of carboxylic acids is 2. The molecule has 0 bridgehead atoms. The van der Waals surface area contributed by atoms with Gasteiger partial charge in [-0.05, 0) is 160 Å². The molecule has 1 fully saturated rings. The smallest absolute Gasteiger partial charge is 0.325 e. The molecule has 1 saturated heterocycles. The van der Waals surface area contributed by atoms with Crippen molar-refractivity contribution in [2.75, 3.05) is 19.6 Å². The number of nitrogens with one attached hydrogen (secondary N) is 14. The molecular formula is C82H144N24O25. The summed E-state index contributed by atoms with van der Waals surface area (Å²) in [5.74, 6) is -24.3. The molecule has 18 atom stereocenters. The van der Waals surface area contributed by atoms with E-state index in [0.717, 1.165) is 11.8 Å². The van der Waals surface area contributed by atoms with Gasteiger partial charge in [0.1, 0.15) is 90.6 Å². The van der Waals surface area contributed by atoms with Crippen LogP contribution in [0, 0.1) is 29.6 Å². The van der Waals surface area contributed by atoms with E-state index in [-0.39, 0.29) is 114 Å². The van der Waals surface area contributed by atoms with E-state index in [2.05, 4.69) is 79.4 Å². The molecule has 19 amide bonds. The number of hydrogen-bond acceptors (Lipinski definition) is 26. The number of aliphatic imine (C=N–C) groups is 1. The van der Waals surface area contributed by atoms with E-state index in [1.54, 1.807) is 69.2 Å². The fraction of sp³-hybridized carbons (Fsp3) is 0.732. The van der Waals surface area contributed by atoms with Crippen LogP contribution < -0.4 is 120 Å². The number of carbonyl (C=O) groups is 21. The van der Waals surface area contributed by atoms with E-state index < -0.39 is 303 Å². The summed E-state index contributed by atoms with van der Waals surface area (Å²) < 4.78 is 0. The molecule has 0 aliphatic carbocycles. The Balaban J connectivity index is 3.78. The summed E-state index contributed by atoms with van der Waals surface area (Å²) >= 11 is 0. The number of carbonyl (C=O) groups excluding carboxylic acids is 19. The number of aliphatic carboxylic acids is 2. The maximum atomic E-state index is 14.9. The number of nitrogens with two attached hydrogens (primary N) is 8. The lowest BCUT2D eigenvalue weighted by molar-refractivity contribution is -0.145. The van der Waals surface area contributed by atoms with Crippen molar-refractivity contribution < 1.29 is 121 Å². The number of aliphatic hydroxyl groups excluding tert-OH is 2. The summed E-state index contributed by atoms with van der Waals surface area (Å²) in [7, 11) is 0. The highest BCUT2D eigenvalue weighted by atomic mass is 16.4. The standard InChI is InChI=1S/C82H144N24O25/c1-38(2)32-53(73(122)92-43(11)81(130)131)103-79(128)64(44(12)107)104-76(125)56(35-41(7)8)100-68(117)48(19-16-30-91-82(89)90)94-67(116)47(18-14-15-29-83)95-75(124)55(34-40(5)6)102-78(127)58-20-17-31-106(58)80(129)65(45(13)108)105-77(126)57(36-42(9)10)101-72(121)52(24-28-62(88)112)98-74(123)54(33-39(3)4)99-71(120)51(23-27-61(87)111)97-70(119)50(22-26-60(86)110)96-69(118)49(21-25-59(85)109)93-66(115)46(84)37-63(113)114/h38-58,64-65,107-108H,14-37,83-84H2,1-13H3,(H2,85,109)(H2,86,110)(H2,87,111)(H2,88,112)(H,92,122)(H,93,115)(H,94,116)(H,95,124)(H,96,118)(H,97,119)(H,98,123)(H,99,120)(H,100,117)(H,101,121)(H,102,127)(H,103,128)(H,104,125)(H,105,126)(H,113,114)(H,130,131)(H4,89,90,91)/t43-,44+,45+,46-,47-,48-,49-,50-,51-,52-,53-,54-,55-,56-,57-,58-,64-,65-/m0/s1. The first-order valence-corrected chi connectivity index (χ1v) is 44.0. The Morgan fingerprint density at radius 3 is 0.939 bits per heavy atom. The zero-order valence-corrected chi connectivity index (χ0v) is 77.1. The SMILES string of the molecule is CC(C)C[C@H](NC(=O)[C@H](CCC(N)=O)NC(=O)[C@H](CCC(N)=O)NC(=O)[C@H](CCC(N)=O)NC(=O)[C@@H](N)CC(=O)O)C(=O)N[C@@H](CCC(N)=O)C(=O)N[C@@H](CC(C)C)C(=O)N[C@H](C(=O)N1CCC[C@H]1C(=O)N[C@@H](CC(C)C)C(=O)N[C@@H](CCCCN)C(=O)N[C@@H](CCCN=C(N)N)C(=O)N[C@@H](CC(C)C)C(=O)N[C@H](C(=O)N[C@@H](CC(C)C)C(=O)N[C@@H](C)C(=O)O)[C@@H](C)O)[C@@H](C)O. The maximum Gasteiger partial charge on any atom is 0.325 e. The lowest BCUT2D eigenvalue weighted by atomic mass is 9.99. The van der Waals surface area contributed by atoms with Crippen molar-refractivity contribution in [2.45, 2.75) is 334 Å². The zero-order valence-electron chi connectivity index (χ0n) is 77.1. The van der Waals surface area contributed by atoms with Crippen LogP contribution in [0.3, 0.4) is 0 Å². The Bertz CT molecular complexity index is 3940. The summed E-state index contributed by atoms with van der Waals surface area (Å²) in [6, 6.07) is -25.4. The predicted molar refractivity (Wildman–Crippen MR) is 472 cm³/mol. The molecule has 1 aliphatic rings. The summed E-state index contributed by atoms with van der Waals surface area (Å²) in [5, 5.41) is 75.5. The van der Waals surface area contributed by atoms with E-state index >= 15 is 0 Å². The van der Waals surface area contributed by atoms with Gasteiger partial charge in [0.05, 0.1) is 24.7 Å². The van der Waals surface area contributed by atoms with Crippen molar-refractivity contribution >= 4 is 130 Å². The average molecular weight is 1870 g/mol. The molecule has 131 heavy (non-hydrogen) atoms. The van der Waals surface area contributed by atoms with E-state index in [9.17, 15) is 116 Å². The average Bonchev–Trinajstić information content (AvgIpc) is 1.70. The third-order valence-electron chi connectivity index (χ3n) is 20.5. The lowest BCUT2D eigenvalue weighted by Crippen LogP contribution is -2.62. The zero-order chi connectivity index (χ0) is 100. The summed E-state index contributed by atoms with van der Waals surface area (Å²) in [6.45, 7) is 20.5. The van der Waals surface area contributed by atoms with Crippen LogP contribution in [-0.2, 0) is 101 Å². The highest BCUT2D eigenvalue weighted by Crippen LogP contribution is 2.23. The Labute approximate surface area is 761 Å². The fourth-order valence-corrected chi connectivity index (χ4v) is 13.7. The topological polar surface area (TPSA) is 832 Å². The number of aliphatic hydroxyl groups is 2. The van der Waals surface area contributed by atoms with Crippen molar-refractivity contribution in [3.8, 4) is 0 Å². The maximum absolute atomic E-state index is 14.9. The molecule has 742 valence electrons. The van der Waals surface area contributed by atoms with Gasteiger partial charge in [0, 0.05) is 38.8 Å². The van der Waals surface area contributed by atoms with E-state index in [4.69, 9.17) is 51.0 Å². The van der Waals surface area contributed by atoms with Gasteiger partial charge in [-0.1, -0.05) is 69.2 Å². The summed E-state index contributed by atoms with van der Waals surface area (Å²) in [6.07, 6.45) is -8.72. The molecule has 0 unspecified atom stereocenters. The molecule has 0 aromatic carbocycles. The first kappa shape index (κ1) is 117. The molecule has 0 aromatic rings. The van der Waals surface area contributed by atoms with Crippen LogP contribution in [0.15, 0.2) is 4.99 Å². The third kappa shape index (κ3) is 45.9. The molecule has 1 heterocycles. The van der Waals surface area contributed by atoms with Gasteiger partial charge in [0.15, 0.2) is 5.96 Å². The Hall–Kier alpha value is -12.0. The predicted octanol–water partition coefficient (Wildman–Crippen LogP) is -8.09. The number of guanidine groups is 1. The molecule has 49 nitrogen and oxygen atoms in total. The van der Waals surface area contributed by atoms with Crippen LogP contribution in [0.25, 0.3) is 0 Å². The number of primary amides is 4. The number of hydrogen-bond donors (Lipinski definition) is 26. The van der Waals surface area contributed by atoms with E-state index in [1.165, 1.54) is 13.8 Å². The van der Waals surface area contributed by atoms with Crippen LogP contribution in [0.4, 0.5) is 0 Å². The van der Waals surface area contributed by atoms with Gasteiger partial charge in [-0.25, -0.2) is 0 Å². The van der Waals surface area contributed by atoms with Crippen LogP contribution in [0.1, 0.15) is 225 Å². The fourth-order valence-electron chi connectivity index (χ4n) is 13.7. The van der Waals surface area contributed by atoms with Gasteiger partial charge in [0.2, 0.25) is 112 Å². The lowest BCUT2D eigenvalue weighted by Gasteiger charge is -2.32. The molecule has 1 aliphatic heterocycles. The second-order valence-electron chi connectivity index (χ2n) is 35.0. The molecule has 0 radical (unpaired) electrons. The molecular weight excluding hydrogens is 1720 g/mol. The first-order valence-electron chi connectivity index (χ1n) is 44.0. The first-order chi connectivity index (χ1) is 61.0. The minimum atomic E-state index is -1.85. The second-order valence-corrected chi connectivity index (χ2v) is 35.0. The normalized spacial score (nSPS) is 16.4. The second kappa shape index (κ2) is 59.3. The van der Waals surface area contributed by atoms with Crippen molar-refractivity contribution in [3.63, 3.8) is 0 Å². The number of unbranched alkanes of at least 4 members (excludes halogenated alkanes) is 1. The summed E-state index contributed by atoms with van der Waals surface area (Å²) in [5.41, 5.74) is 44.4. The van der Waals surface area contributed by atoms with Gasteiger partial charge in [-0.2, -0.15) is 0 Å². The van der Waals surface area contributed by atoms with Crippen molar-refractivity contribution in [3.05, 3.63) is 0 Å². The van der Waals surface area contributed by atoms with E-state index in [1.807, 2.05) is 0 Å². The minimum Gasteiger partial charge on any atom is -0.481 e. The van der Waals surface area contributed by atoms with Crippen molar-refractivity contribution in [1.29, 1.82) is 0 Å². The van der Waals surface area contributed by atoms with Gasteiger partial charge < -0.3 is 146 Å². The quantitative estimate of drug-likeness (QED) is 0.0153. The number of nitrogens with zero attached hydrogens (tertiary/aromatic N) is 2. The Morgan fingerprint density at radius 1 is 0.351 bits per heavy atom. The van der Waals surface area contributed by atoms with Crippen LogP contribution in [0.2, 0.25) is 0 Å². The third-order valence-corrected chi connectivity index (χ3v) is 20.5. The number of rotatable bonds is 64. The molecule has 49 heteroatoms. The molecule has 1 rings (SSSR count). The van der Waals surface area contributed by atoms with E-state index in [0.29, 0.717) is 6.42 Å². The van der Waals surface area contributed by atoms with Crippen molar-refractivity contribution in [2.24, 2.45) is 80.5 Å². The van der Waals surface area contributed by atoms with Crippen LogP contribution >= 0.6 is 0 Å². The number of amides is 19. The van der Waals surface area contributed by atoms with Crippen LogP contribution in [-0.4, -0.2) is 284 Å². The van der Waals surface area contributed by atoms with Gasteiger partial charge in [-0.3, -0.25) is 106 Å². The Morgan fingerprint density at radius 2 is 0.634 bits per heavy atom. The van der Waals surface area contributed by atoms with Gasteiger partial charge in [0.25, 0.3) is 0 Å². The van der Waals surface area contributed by atoms with Gasteiger partial charge >= 0.3 is 11.9 Å². The highest BCUT2D eigenvalue weighted by molar-refractivity contribution is 6.02. The van der Waals surface area contributed by atoms with Crippen molar-refractivity contribution in [1.82, 2.24) is 79.3 Å². The molecule has 34 N–H and O–H groups in total. The molecule has 0 saturated carbocycles. The summed E-state index contributed by atoms with van der Waals surface area (Å²) in [4.78, 5) is 290. The van der Waals surface area contributed by atoms with Crippen LogP contribution in [0.5, 0.6) is 0 Å². The number of carboxylic acid groups (broad SMARTS) is 2. The molecule has 0 spiro atoms. The largest absolute Gasteiger partial charge is 0.481 e. The Kier molecular flexibility index (Phi) is 53.0. The monoisotopic (exact) mass is 1870 g/mol. The van der Waals surface area contributed by atoms with Gasteiger partial charge in [-0.15, -0.1) is 0 Å². The minimum absolute atomic E-state index is 0.0120. The molecule has 0 aromatic heterocycles. The number of likely N-dealkylation sites (tertiary alicyclic amines) is 1.